The molecule has 2 aromatic carbocycles. The van der Waals surface area contributed by atoms with Crippen LogP contribution in [0.1, 0.15) is 17.5 Å². The van der Waals surface area contributed by atoms with Crippen LogP contribution >= 0.6 is 12.4 Å². The normalized spacial score (nSPS) is 11.4. The van der Waals surface area contributed by atoms with Gasteiger partial charge in [-0.05, 0) is 30.2 Å². The number of nitrogens with one attached hydrogen (secondary N) is 1. The number of esters is 1. The lowest BCUT2D eigenvalue weighted by Gasteiger charge is -2.12. The first-order valence-corrected chi connectivity index (χ1v) is 8.73. The van der Waals surface area contributed by atoms with Gasteiger partial charge in [0.1, 0.15) is 12.2 Å². The number of ether oxygens (including phenoxy) is 1. The van der Waals surface area contributed by atoms with Gasteiger partial charge >= 0.3 is 11.6 Å². The maximum absolute atomic E-state index is 12.3. The van der Waals surface area contributed by atoms with Gasteiger partial charge in [-0.15, -0.1) is 12.4 Å². The predicted molar refractivity (Wildman–Crippen MR) is 112 cm³/mol. The molecular formula is C21H21ClN2O5. The van der Waals surface area contributed by atoms with E-state index in [2.05, 4.69) is 5.32 Å². The van der Waals surface area contributed by atoms with Crippen LogP contribution in [0.2, 0.25) is 0 Å². The van der Waals surface area contributed by atoms with E-state index < -0.39 is 23.5 Å². The van der Waals surface area contributed by atoms with Crippen molar-refractivity contribution in [2.75, 3.05) is 5.32 Å². The average molecular weight is 417 g/mol. The zero-order chi connectivity index (χ0) is 20.1. The molecule has 3 rings (SSSR count). The van der Waals surface area contributed by atoms with E-state index in [1.54, 1.807) is 25.1 Å². The Balaban J connectivity index is 0.00000300. The van der Waals surface area contributed by atoms with Crippen LogP contribution in [0.5, 0.6) is 0 Å². The second kappa shape index (κ2) is 9.86. The Hall–Kier alpha value is -3.16. The van der Waals surface area contributed by atoms with Gasteiger partial charge in [-0.3, -0.25) is 9.59 Å². The van der Waals surface area contributed by atoms with Crippen molar-refractivity contribution in [2.24, 2.45) is 5.73 Å². The van der Waals surface area contributed by atoms with E-state index in [1.165, 1.54) is 6.07 Å². The molecule has 0 aliphatic rings. The van der Waals surface area contributed by atoms with E-state index >= 15 is 0 Å². The highest BCUT2D eigenvalue weighted by atomic mass is 35.5. The van der Waals surface area contributed by atoms with Gasteiger partial charge in [0.2, 0.25) is 5.91 Å². The third-order valence-corrected chi connectivity index (χ3v) is 4.18. The van der Waals surface area contributed by atoms with Gasteiger partial charge in [0.05, 0.1) is 12.5 Å². The van der Waals surface area contributed by atoms with Crippen LogP contribution in [0.4, 0.5) is 5.69 Å². The lowest BCUT2D eigenvalue weighted by Crippen LogP contribution is -2.37. The monoisotopic (exact) mass is 416 g/mol. The molecule has 7 nitrogen and oxygen atoms in total. The van der Waals surface area contributed by atoms with Crippen LogP contribution in [0.3, 0.4) is 0 Å². The molecular weight excluding hydrogens is 396 g/mol. The van der Waals surface area contributed by atoms with Crippen molar-refractivity contribution in [3.05, 3.63) is 76.1 Å². The Morgan fingerprint density at radius 1 is 1.14 bits per heavy atom. The van der Waals surface area contributed by atoms with Crippen molar-refractivity contribution in [3.8, 4) is 0 Å². The number of hydrogen-bond acceptors (Lipinski definition) is 6. The van der Waals surface area contributed by atoms with Crippen LogP contribution < -0.4 is 16.7 Å². The molecule has 0 saturated carbocycles. The minimum absolute atomic E-state index is 0. The first-order chi connectivity index (χ1) is 13.4. The van der Waals surface area contributed by atoms with E-state index in [0.717, 1.165) is 16.5 Å². The quantitative estimate of drug-likeness (QED) is 0.472. The van der Waals surface area contributed by atoms with Crippen LogP contribution in [0.25, 0.3) is 11.0 Å². The Morgan fingerprint density at radius 3 is 2.59 bits per heavy atom. The zero-order valence-corrected chi connectivity index (χ0v) is 16.5. The molecule has 29 heavy (non-hydrogen) atoms. The smallest absolute Gasteiger partial charge is 0.336 e. The third kappa shape index (κ3) is 5.91. The molecule has 0 radical (unpaired) electrons. The van der Waals surface area contributed by atoms with Gasteiger partial charge in [-0.1, -0.05) is 30.3 Å². The topological polar surface area (TPSA) is 112 Å². The summed E-state index contributed by atoms with van der Waals surface area (Å²) in [5.41, 5.74) is 7.75. The van der Waals surface area contributed by atoms with Crippen molar-refractivity contribution in [1.29, 1.82) is 0 Å². The Morgan fingerprint density at radius 2 is 1.86 bits per heavy atom. The van der Waals surface area contributed by atoms with E-state index in [-0.39, 0.29) is 25.4 Å². The number of amides is 1. The maximum atomic E-state index is 12.3. The summed E-state index contributed by atoms with van der Waals surface area (Å²) in [7, 11) is 0. The average Bonchev–Trinajstić information content (AvgIpc) is 2.66. The number of anilines is 1. The fourth-order valence-corrected chi connectivity index (χ4v) is 2.71. The third-order valence-electron chi connectivity index (χ3n) is 4.18. The molecule has 3 aromatic rings. The van der Waals surface area contributed by atoms with Gasteiger partial charge in [-0.2, -0.15) is 0 Å². The number of nitrogens with two attached hydrogens (primary N) is 1. The molecule has 1 aromatic heterocycles. The number of aryl methyl sites for hydroxylation is 1. The number of rotatable bonds is 6. The zero-order valence-electron chi connectivity index (χ0n) is 15.7. The van der Waals surface area contributed by atoms with Crippen molar-refractivity contribution in [2.45, 2.75) is 26.0 Å². The van der Waals surface area contributed by atoms with Crippen LogP contribution in [0.15, 0.2) is 63.8 Å². The molecule has 1 atom stereocenters. The Kier molecular flexibility index (Phi) is 7.52. The lowest BCUT2D eigenvalue weighted by molar-refractivity contribution is -0.146. The number of carbonyl (C=O) groups is 2. The predicted octanol–water partition coefficient (Wildman–Crippen LogP) is 2.92. The van der Waals surface area contributed by atoms with Gasteiger partial charge in [0.15, 0.2) is 0 Å². The summed E-state index contributed by atoms with van der Waals surface area (Å²) < 4.78 is 10.3. The summed E-state index contributed by atoms with van der Waals surface area (Å²) in [6.45, 7) is 1.92. The standard InChI is InChI=1S/C21H20N2O5.ClH/c1-13-9-20(25)28-18-10-15(7-8-16(13)18)23-21(26)17(22)11-19(24)27-12-14-5-3-2-4-6-14;/h2-10,17H,11-12,22H2,1H3,(H,23,26);1H. The summed E-state index contributed by atoms with van der Waals surface area (Å²) >= 11 is 0. The molecule has 3 N–H and O–H groups in total. The summed E-state index contributed by atoms with van der Waals surface area (Å²) in [5, 5.41) is 3.39. The highest BCUT2D eigenvalue weighted by Crippen LogP contribution is 2.20. The first kappa shape index (κ1) is 22.1. The fourth-order valence-electron chi connectivity index (χ4n) is 2.71. The molecule has 8 heteroatoms. The minimum atomic E-state index is -1.07. The van der Waals surface area contributed by atoms with Gasteiger partial charge in [-0.25, -0.2) is 4.79 Å². The summed E-state index contributed by atoms with van der Waals surface area (Å²) in [6, 6.07) is 14.5. The number of hydrogen-bond donors (Lipinski definition) is 2. The molecule has 0 aliphatic heterocycles. The molecule has 1 unspecified atom stereocenters. The number of halogens is 1. The summed E-state index contributed by atoms with van der Waals surface area (Å²) in [4.78, 5) is 35.7. The van der Waals surface area contributed by atoms with Crippen LogP contribution in [-0.4, -0.2) is 17.9 Å². The number of carbonyl (C=O) groups excluding carboxylic acids is 2. The van der Waals surface area contributed by atoms with E-state index in [9.17, 15) is 14.4 Å². The second-order valence-corrected chi connectivity index (χ2v) is 6.41. The Labute approximate surface area is 173 Å². The molecule has 0 saturated heterocycles. The van der Waals surface area contributed by atoms with E-state index in [0.29, 0.717) is 11.3 Å². The van der Waals surface area contributed by atoms with Gasteiger partial charge in [0, 0.05) is 23.2 Å². The number of fused-ring (bicyclic) bond motifs is 1. The van der Waals surface area contributed by atoms with Crippen molar-refractivity contribution in [1.82, 2.24) is 0 Å². The molecule has 0 bridgehead atoms. The van der Waals surface area contributed by atoms with Crippen LogP contribution in [-0.2, 0) is 20.9 Å². The minimum Gasteiger partial charge on any atom is -0.461 e. The maximum Gasteiger partial charge on any atom is 0.336 e. The fraction of sp³-hybridized carbons (Fsp3) is 0.190. The lowest BCUT2D eigenvalue weighted by atomic mass is 10.1. The van der Waals surface area contributed by atoms with E-state index in [4.69, 9.17) is 14.9 Å². The first-order valence-electron chi connectivity index (χ1n) is 8.73. The summed E-state index contributed by atoms with van der Waals surface area (Å²) in [6.07, 6.45) is -0.250. The van der Waals surface area contributed by atoms with Gasteiger partial charge in [0.25, 0.3) is 0 Å². The molecule has 152 valence electrons. The SMILES string of the molecule is Cc1cc(=O)oc2cc(NC(=O)C(N)CC(=O)OCc3ccccc3)ccc12.Cl. The second-order valence-electron chi connectivity index (χ2n) is 6.41. The molecule has 0 aliphatic carbocycles. The van der Waals surface area contributed by atoms with Crippen molar-refractivity contribution in [3.63, 3.8) is 0 Å². The largest absolute Gasteiger partial charge is 0.461 e. The van der Waals surface area contributed by atoms with E-state index in [1.807, 2.05) is 30.3 Å². The van der Waals surface area contributed by atoms with Crippen molar-refractivity contribution < 1.29 is 18.7 Å². The molecule has 1 amide bonds. The summed E-state index contributed by atoms with van der Waals surface area (Å²) in [5.74, 6) is -1.10. The molecule has 0 spiro atoms. The molecule has 1 heterocycles. The highest BCUT2D eigenvalue weighted by molar-refractivity contribution is 5.98. The number of benzene rings is 2. The van der Waals surface area contributed by atoms with Crippen LogP contribution in [0, 0.1) is 6.92 Å². The van der Waals surface area contributed by atoms with Crippen molar-refractivity contribution >= 4 is 40.9 Å². The van der Waals surface area contributed by atoms with Gasteiger partial charge < -0.3 is 20.2 Å². The Bertz CT molecular complexity index is 1070. The highest BCUT2D eigenvalue weighted by Gasteiger charge is 2.19. The molecule has 0 fully saturated rings.